The number of phenols is 1. The molecule has 6 rings (SSSR count). The Balaban J connectivity index is 1.35. The molecule has 6 heteroatoms. The van der Waals surface area contributed by atoms with Crippen molar-refractivity contribution in [3.8, 4) is 5.75 Å². The quantitative estimate of drug-likeness (QED) is 0.246. The summed E-state index contributed by atoms with van der Waals surface area (Å²) < 4.78 is 6.17. The highest BCUT2D eigenvalue weighted by molar-refractivity contribution is 5.89. The standard InChI is InChI=1S/C37H52O6/c1-21-14-16-34(4)18-19-36(6)24(30(34)29(21)31(40)41)12-13-25-35(5)17-15-28(43-32(42)22-8-10-23(38)11-9-22)33(2,3)26(35)20-27(39)37(25,36)7/h8-12,21,25-30,38-39H,13-20H2,1-7H3,(H,40,41)/t21-,25-,26+,27+,28-,29+,30-,34-,35-,36-,37+/m1/s1. The second-order valence-corrected chi connectivity index (χ2v) is 16.7. The van der Waals surface area contributed by atoms with Gasteiger partial charge >= 0.3 is 11.9 Å². The van der Waals surface area contributed by atoms with E-state index in [1.165, 1.54) is 17.7 Å². The summed E-state index contributed by atoms with van der Waals surface area (Å²) in [5.41, 5.74) is 0.677. The number of fused-ring (bicyclic) bond motifs is 7. The van der Waals surface area contributed by atoms with Crippen LogP contribution in [0.15, 0.2) is 35.9 Å². The van der Waals surface area contributed by atoms with Crippen molar-refractivity contribution in [2.75, 3.05) is 0 Å². The van der Waals surface area contributed by atoms with Gasteiger partial charge < -0.3 is 20.1 Å². The van der Waals surface area contributed by atoms with Gasteiger partial charge in [-0.2, -0.15) is 0 Å². The number of carbonyl (C=O) groups is 2. The van der Waals surface area contributed by atoms with Gasteiger partial charge in [-0.25, -0.2) is 4.79 Å². The molecule has 236 valence electrons. The molecule has 11 atom stereocenters. The summed E-state index contributed by atoms with van der Waals surface area (Å²) in [7, 11) is 0. The van der Waals surface area contributed by atoms with Crippen molar-refractivity contribution in [3.05, 3.63) is 41.5 Å². The van der Waals surface area contributed by atoms with Crippen LogP contribution in [0.2, 0.25) is 0 Å². The predicted molar refractivity (Wildman–Crippen MR) is 165 cm³/mol. The molecule has 6 nitrogen and oxygen atoms in total. The van der Waals surface area contributed by atoms with Crippen LogP contribution in [0.3, 0.4) is 0 Å². The van der Waals surface area contributed by atoms with Gasteiger partial charge in [0.25, 0.3) is 0 Å². The van der Waals surface area contributed by atoms with Crippen molar-refractivity contribution in [2.24, 2.45) is 56.7 Å². The van der Waals surface area contributed by atoms with Crippen molar-refractivity contribution in [2.45, 2.75) is 112 Å². The second-order valence-electron chi connectivity index (χ2n) is 16.7. The predicted octanol–water partition coefficient (Wildman–Crippen LogP) is 7.63. The summed E-state index contributed by atoms with van der Waals surface area (Å²) in [5.74, 6) is -0.761. The molecule has 3 N–H and O–H groups in total. The molecular weight excluding hydrogens is 540 g/mol. The van der Waals surface area contributed by atoms with Crippen LogP contribution in [-0.4, -0.2) is 39.5 Å². The van der Waals surface area contributed by atoms with Crippen LogP contribution in [0, 0.1) is 56.7 Å². The molecule has 0 radical (unpaired) electrons. The Morgan fingerprint density at radius 1 is 0.907 bits per heavy atom. The summed E-state index contributed by atoms with van der Waals surface area (Å²) in [4.78, 5) is 25.9. The molecular formula is C37H52O6. The lowest BCUT2D eigenvalue weighted by atomic mass is 9.32. The Bertz CT molecular complexity index is 1330. The lowest BCUT2D eigenvalue weighted by Crippen LogP contribution is -2.69. The SMILES string of the molecule is C[C@@H]1CC[C@]2(C)CC[C@]3(C)C(=CC[C@@H]4[C@@]5(C)CC[C@@H](OC(=O)c6ccc(O)cc6)C(C)(C)[C@@H]5C[C@H](O)[C@]43C)[C@@H]2[C@H]1C(=O)O. The molecule has 5 aliphatic carbocycles. The summed E-state index contributed by atoms with van der Waals surface area (Å²) in [5, 5.41) is 32.5. The Kier molecular flexibility index (Phi) is 7.01. The molecule has 4 fully saturated rings. The van der Waals surface area contributed by atoms with Crippen molar-refractivity contribution in [1.29, 1.82) is 0 Å². The van der Waals surface area contributed by atoms with Crippen LogP contribution in [0.25, 0.3) is 0 Å². The molecule has 1 aromatic rings. The molecule has 0 aromatic heterocycles. The summed E-state index contributed by atoms with van der Waals surface area (Å²) in [6.45, 7) is 16.0. The Labute approximate surface area is 257 Å². The number of aliphatic hydroxyl groups is 1. The Morgan fingerprint density at radius 2 is 1.58 bits per heavy atom. The number of carboxylic acids is 1. The van der Waals surface area contributed by atoms with E-state index in [4.69, 9.17) is 4.74 Å². The van der Waals surface area contributed by atoms with Gasteiger partial charge in [-0.3, -0.25) is 4.79 Å². The number of hydrogen-bond donors (Lipinski definition) is 3. The molecule has 4 saturated carbocycles. The largest absolute Gasteiger partial charge is 0.508 e. The van der Waals surface area contributed by atoms with Gasteiger partial charge in [0.05, 0.1) is 17.6 Å². The number of aliphatic carboxylic acids is 1. The minimum absolute atomic E-state index is 0.00879. The van der Waals surface area contributed by atoms with E-state index in [0.29, 0.717) is 12.0 Å². The minimum Gasteiger partial charge on any atom is -0.508 e. The maximum absolute atomic E-state index is 13.1. The molecule has 0 aliphatic heterocycles. The Morgan fingerprint density at radius 3 is 2.23 bits per heavy atom. The minimum atomic E-state index is -0.668. The van der Waals surface area contributed by atoms with Crippen LogP contribution in [0.5, 0.6) is 5.75 Å². The van der Waals surface area contributed by atoms with Crippen LogP contribution in [-0.2, 0) is 9.53 Å². The number of rotatable bonds is 3. The topological polar surface area (TPSA) is 104 Å². The number of carboxylic acid groups (broad SMARTS) is 1. The van der Waals surface area contributed by atoms with Crippen LogP contribution < -0.4 is 0 Å². The fourth-order valence-corrected chi connectivity index (χ4v) is 11.8. The third-order valence-electron chi connectivity index (χ3n) is 14.6. The van der Waals surface area contributed by atoms with Crippen LogP contribution >= 0.6 is 0 Å². The zero-order valence-electron chi connectivity index (χ0n) is 27.2. The first-order valence-electron chi connectivity index (χ1n) is 16.6. The summed E-state index contributed by atoms with van der Waals surface area (Å²) >= 11 is 0. The van der Waals surface area contributed by atoms with E-state index in [2.05, 4.69) is 54.5 Å². The van der Waals surface area contributed by atoms with Gasteiger partial charge in [-0.1, -0.05) is 60.1 Å². The highest BCUT2D eigenvalue weighted by Gasteiger charge is 2.71. The molecule has 0 amide bonds. The Hall–Kier alpha value is -2.34. The highest BCUT2D eigenvalue weighted by atomic mass is 16.5. The van der Waals surface area contributed by atoms with E-state index < -0.39 is 12.1 Å². The summed E-state index contributed by atoms with van der Waals surface area (Å²) in [6, 6.07) is 6.20. The smallest absolute Gasteiger partial charge is 0.338 e. The molecule has 0 unspecified atom stereocenters. The number of hydrogen-bond acceptors (Lipinski definition) is 5. The van der Waals surface area contributed by atoms with E-state index in [9.17, 15) is 24.9 Å². The number of allylic oxidation sites excluding steroid dienone is 2. The van der Waals surface area contributed by atoms with E-state index in [-0.39, 0.29) is 74.5 Å². The van der Waals surface area contributed by atoms with Gasteiger partial charge in [0, 0.05) is 10.8 Å². The zero-order chi connectivity index (χ0) is 31.3. The van der Waals surface area contributed by atoms with Crippen molar-refractivity contribution < 1.29 is 29.6 Å². The van der Waals surface area contributed by atoms with Crippen LogP contribution in [0.1, 0.15) is 110 Å². The summed E-state index contributed by atoms with van der Waals surface area (Å²) in [6.07, 6.45) is 8.81. The fraction of sp³-hybridized carbons (Fsp3) is 0.730. The van der Waals surface area contributed by atoms with Crippen molar-refractivity contribution in [1.82, 2.24) is 0 Å². The second kappa shape index (κ2) is 9.83. The molecule has 0 heterocycles. The van der Waals surface area contributed by atoms with Crippen molar-refractivity contribution >= 4 is 11.9 Å². The first-order chi connectivity index (χ1) is 20.0. The van der Waals surface area contributed by atoms with E-state index >= 15 is 0 Å². The number of aromatic hydroxyl groups is 1. The average molecular weight is 593 g/mol. The normalized spacial score (nSPS) is 46.7. The van der Waals surface area contributed by atoms with E-state index in [1.54, 1.807) is 12.1 Å². The third-order valence-corrected chi connectivity index (χ3v) is 14.6. The monoisotopic (exact) mass is 592 g/mol. The van der Waals surface area contributed by atoms with Gasteiger partial charge in [0.2, 0.25) is 0 Å². The first kappa shape index (κ1) is 30.7. The number of phenolic OH excluding ortho intramolecular Hbond substituents is 1. The van der Waals surface area contributed by atoms with E-state index in [0.717, 1.165) is 44.9 Å². The number of carbonyl (C=O) groups excluding carboxylic acids is 1. The number of ether oxygens (including phenoxy) is 1. The molecule has 0 spiro atoms. The maximum atomic E-state index is 13.1. The van der Waals surface area contributed by atoms with E-state index in [1.807, 2.05) is 0 Å². The lowest BCUT2D eigenvalue weighted by molar-refractivity contribution is -0.245. The molecule has 0 saturated heterocycles. The number of aliphatic hydroxyl groups excluding tert-OH is 1. The average Bonchev–Trinajstić information content (AvgIpc) is 2.93. The van der Waals surface area contributed by atoms with Gasteiger partial charge in [-0.05, 0) is 116 Å². The number of benzene rings is 1. The highest BCUT2D eigenvalue weighted by Crippen LogP contribution is 2.75. The van der Waals surface area contributed by atoms with Crippen LogP contribution in [0.4, 0.5) is 0 Å². The molecule has 5 aliphatic rings. The molecule has 1 aromatic carbocycles. The molecule has 0 bridgehead atoms. The fourth-order valence-electron chi connectivity index (χ4n) is 11.8. The van der Waals surface area contributed by atoms with Gasteiger partial charge in [-0.15, -0.1) is 0 Å². The molecule has 43 heavy (non-hydrogen) atoms. The van der Waals surface area contributed by atoms with Crippen molar-refractivity contribution in [3.63, 3.8) is 0 Å². The first-order valence-corrected chi connectivity index (χ1v) is 16.6. The third kappa shape index (κ3) is 4.13. The zero-order valence-corrected chi connectivity index (χ0v) is 27.2. The van der Waals surface area contributed by atoms with Gasteiger partial charge in [0.1, 0.15) is 11.9 Å². The number of esters is 1. The maximum Gasteiger partial charge on any atom is 0.338 e. The van der Waals surface area contributed by atoms with Gasteiger partial charge in [0.15, 0.2) is 0 Å². The lowest BCUT2D eigenvalue weighted by Gasteiger charge is -2.72.